The number of halogens is 1. The molecule has 110 valence electrons. The van der Waals surface area contributed by atoms with Gasteiger partial charge in [0.2, 0.25) is 0 Å². The topological polar surface area (TPSA) is 49.5 Å². The molecule has 0 aliphatic carbocycles. The van der Waals surface area contributed by atoms with Crippen LogP contribution in [0.5, 0.6) is 0 Å². The van der Waals surface area contributed by atoms with E-state index in [2.05, 4.69) is 4.90 Å². The maximum Gasteiger partial charge on any atom is 0.128 e. The number of hydrogen-bond acceptors (Lipinski definition) is 3. The first-order valence-electron chi connectivity index (χ1n) is 7.53. The maximum absolute atomic E-state index is 14.2. The van der Waals surface area contributed by atoms with Crippen molar-refractivity contribution in [3.63, 3.8) is 0 Å². The standard InChI is InChI=1S/C16H23FN2O/c1-10(18)16(14-4-2-3-5-15(14)17)19-11-6-7-12(19)9-13(20)8-11/h2-5,10-13,16,20H,6-9,18H2,1H3. The lowest BCUT2D eigenvalue weighted by Crippen LogP contribution is -2.51. The molecule has 0 radical (unpaired) electrons. The molecule has 2 fully saturated rings. The largest absolute Gasteiger partial charge is 0.393 e. The summed E-state index contributed by atoms with van der Waals surface area (Å²) < 4.78 is 14.2. The van der Waals surface area contributed by atoms with Gasteiger partial charge in [0, 0.05) is 23.7 Å². The van der Waals surface area contributed by atoms with Crippen LogP contribution in [0, 0.1) is 5.82 Å². The molecule has 2 aliphatic heterocycles. The molecule has 3 nitrogen and oxygen atoms in total. The fourth-order valence-corrected chi connectivity index (χ4v) is 4.07. The molecule has 2 bridgehead atoms. The smallest absolute Gasteiger partial charge is 0.128 e. The minimum atomic E-state index is -0.210. The van der Waals surface area contributed by atoms with Gasteiger partial charge in [-0.25, -0.2) is 4.39 Å². The lowest BCUT2D eigenvalue weighted by atomic mass is 9.91. The van der Waals surface area contributed by atoms with Crippen molar-refractivity contribution in [1.29, 1.82) is 0 Å². The summed E-state index contributed by atoms with van der Waals surface area (Å²) in [5.41, 5.74) is 6.87. The van der Waals surface area contributed by atoms with E-state index < -0.39 is 0 Å². The summed E-state index contributed by atoms with van der Waals surface area (Å²) >= 11 is 0. The van der Waals surface area contributed by atoms with Gasteiger partial charge in [-0.3, -0.25) is 4.90 Å². The van der Waals surface area contributed by atoms with Gasteiger partial charge in [0.15, 0.2) is 0 Å². The summed E-state index contributed by atoms with van der Waals surface area (Å²) in [7, 11) is 0. The van der Waals surface area contributed by atoms with E-state index in [-0.39, 0.29) is 24.0 Å². The minimum absolute atomic E-state index is 0.0961. The quantitative estimate of drug-likeness (QED) is 0.891. The van der Waals surface area contributed by atoms with E-state index in [9.17, 15) is 9.50 Å². The van der Waals surface area contributed by atoms with Crippen molar-refractivity contribution in [2.24, 2.45) is 5.73 Å². The summed E-state index contributed by atoms with van der Waals surface area (Å²) in [5, 5.41) is 9.92. The van der Waals surface area contributed by atoms with Gasteiger partial charge >= 0.3 is 0 Å². The molecule has 0 amide bonds. The third-order valence-corrected chi connectivity index (χ3v) is 4.81. The Kier molecular flexibility index (Phi) is 3.80. The number of piperidine rings is 1. The van der Waals surface area contributed by atoms with E-state index in [0.29, 0.717) is 17.6 Å². The van der Waals surface area contributed by atoms with Crippen LogP contribution in [0.4, 0.5) is 4.39 Å². The zero-order valence-corrected chi connectivity index (χ0v) is 11.9. The van der Waals surface area contributed by atoms with E-state index >= 15 is 0 Å². The van der Waals surface area contributed by atoms with Crippen LogP contribution in [0.2, 0.25) is 0 Å². The Balaban J connectivity index is 1.95. The Morgan fingerprint density at radius 2 is 1.85 bits per heavy atom. The van der Waals surface area contributed by atoms with Crippen molar-refractivity contribution < 1.29 is 9.50 Å². The van der Waals surface area contributed by atoms with Crippen molar-refractivity contribution in [1.82, 2.24) is 4.90 Å². The predicted molar refractivity (Wildman–Crippen MR) is 76.7 cm³/mol. The first-order chi connectivity index (χ1) is 9.58. The highest BCUT2D eigenvalue weighted by Gasteiger charge is 2.45. The molecule has 2 heterocycles. The number of aliphatic hydroxyl groups excluding tert-OH is 1. The first-order valence-corrected chi connectivity index (χ1v) is 7.53. The Hall–Kier alpha value is -0.970. The van der Waals surface area contributed by atoms with Crippen LogP contribution < -0.4 is 5.73 Å². The fourth-order valence-electron chi connectivity index (χ4n) is 4.07. The fraction of sp³-hybridized carbons (Fsp3) is 0.625. The number of nitrogens with zero attached hydrogens (tertiary/aromatic N) is 1. The number of rotatable bonds is 3. The molecule has 0 spiro atoms. The third-order valence-electron chi connectivity index (χ3n) is 4.81. The normalized spacial score (nSPS) is 33.1. The van der Waals surface area contributed by atoms with E-state index in [4.69, 9.17) is 5.73 Å². The maximum atomic E-state index is 14.2. The Morgan fingerprint density at radius 1 is 1.25 bits per heavy atom. The van der Waals surface area contributed by atoms with Crippen LogP contribution in [0.1, 0.15) is 44.2 Å². The van der Waals surface area contributed by atoms with Gasteiger partial charge in [-0.15, -0.1) is 0 Å². The van der Waals surface area contributed by atoms with Gasteiger partial charge in [0.25, 0.3) is 0 Å². The Labute approximate surface area is 119 Å². The van der Waals surface area contributed by atoms with Gasteiger partial charge in [-0.2, -0.15) is 0 Å². The van der Waals surface area contributed by atoms with E-state index in [1.165, 1.54) is 6.07 Å². The van der Waals surface area contributed by atoms with Gasteiger partial charge in [0.1, 0.15) is 5.82 Å². The molecule has 4 atom stereocenters. The minimum Gasteiger partial charge on any atom is -0.393 e. The molecule has 1 aromatic rings. The van der Waals surface area contributed by atoms with E-state index in [1.807, 2.05) is 19.1 Å². The van der Waals surface area contributed by atoms with Crippen molar-refractivity contribution in [3.8, 4) is 0 Å². The second kappa shape index (κ2) is 5.43. The monoisotopic (exact) mass is 278 g/mol. The lowest BCUT2D eigenvalue weighted by molar-refractivity contribution is 0.00326. The van der Waals surface area contributed by atoms with Crippen molar-refractivity contribution in [2.45, 2.75) is 62.9 Å². The number of hydrogen-bond donors (Lipinski definition) is 2. The molecule has 0 saturated carbocycles. The van der Waals surface area contributed by atoms with Crippen LogP contribution in [-0.4, -0.2) is 34.2 Å². The molecule has 0 aromatic heterocycles. The summed E-state index contributed by atoms with van der Waals surface area (Å²) in [6, 6.07) is 7.37. The molecule has 20 heavy (non-hydrogen) atoms. The van der Waals surface area contributed by atoms with Gasteiger partial charge in [-0.1, -0.05) is 18.2 Å². The zero-order chi connectivity index (χ0) is 14.3. The van der Waals surface area contributed by atoms with Crippen LogP contribution in [0.3, 0.4) is 0 Å². The van der Waals surface area contributed by atoms with Crippen molar-refractivity contribution in [2.75, 3.05) is 0 Å². The third kappa shape index (κ3) is 2.36. The Morgan fingerprint density at radius 3 is 2.40 bits per heavy atom. The summed E-state index contributed by atoms with van der Waals surface area (Å²) in [6.07, 6.45) is 3.53. The zero-order valence-electron chi connectivity index (χ0n) is 11.9. The Bertz CT molecular complexity index is 465. The average molecular weight is 278 g/mol. The molecular formula is C16H23FN2O. The predicted octanol–water partition coefficient (Wildman–Crippen LogP) is 2.20. The lowest BCUT2D eigenvalue weighted by Gasteiger charge is -2.44. The molecule has 1 aromatic carbocycles. The SMILES string of the molecule is CC(N)C(c1ccccc1F)N1C2CCC1CC(O)C2. The highest BCUT2D eigenvalue weighted by molar-refractivity contribution is 5.24. The van der Waals surface area contributed by atoms with Gasteiger partial charge in [0.05, 0.1) is 12.1 Å². The van der Waals surface area contributed by atoms with Gasteiger partial charge in [-0.05, 0) is 38.7 Å². The van der Waals surface area contributed by atoms with Crippen LogP contribution in [0.15, 0.2) is 24.3 Å². The first kappa shape index (κ1) is 14.0. The molecule has 2 aliphatic rings. The second-order valence-electron chi connectivity index (χ2n) is 6.28. The average Bonchev–Trinajstić information content (AvgIpc) is 2.65. The molecule has 3 rings (SSSR count). The molecular weight excluding hydrogens is 255 g/mol. The molecule has 2 saturated heterocycles. The van der Waals surface area contributed by atoms with Crippen LogP contribution in [0.25, 0.3) is 0 Å². The van der Waals surface area contributed by atoms with E-state index in [1.54, 1.807) is 6.07 Å². The van der Waals surface area contributed by atoms with Crippen molar-refractivity contribution in [3.05, 3.63) is 35.6 Å². The number of fused-ring (bicyclic) bond motifs is 2. The van der Waals surface area contributed by atoms with Crippen molar-refractivity contribution >= 4 is 0 Å². The number of benzene rings is 1. The van der Waals surface area contributed by atoms with Crippen LogP contribution in [-0.2, 0) is 0 Å². The second-order valence-corrected chi connectivity index (χ2v) is 6.28. The van der Waals surface area contributed by atoms with Crippen LogP contribution >= 0.6 is 0 Å². The highest BCUT2D eigenvalue weighted by atomic mass is 19.1. The summed E-state index contributed by atoms with van der Waals surface area (Å²) in [4.78, 5) is 2.37. The van der Waals surface area contributed by atoms with Gasteiger partial charge < -0.3 is 10.8 Å². The molecule has 3 N–H and O–H groups in total. The molecule has 4 unspecified atom stereocenters. The number of nitrogens with two attached hydrogens (primary N) is 1. The summed E-state index contributed by atoms with van der Waals surface area (Å²) in [6.45, 7) is 1.95. The summed E-state index contributed by atoms with van der Waals surface area (Å²) in [5.74, 6) is -0.180. The van der Waals surface area contributed by atoms with E-state index in [0.717, 1.165) is 25.7 Å². The number of aliphatic hydroxyl groups is 1. The highest BCUT2D eigenvalue weighted by Crippen LogP contribution is 2.42. The molecule has 4 heteroatoms.